The number of anilines is 1. The second kappa shape index (κ2) is 4.29. The maximum atomic E-state index is 8.81. The number of nitro groups is 1. The molecule has 1 aromatic rings. The molecule has 1 aliphatic heterocycles. The van der Waals surface area contributed by atoms with E-state index in [1.54, 1.807) is 0 Å². The summed E-state index contributed by atoms with van der Waals surface area (Å²) in [5.74, 6) is 0. The third-order valence-electron chi connectivity index (χ3n) is 2.12. The number of rotatable bonds is 0. The Labute approximate surface area is 89.5 Å². The Morgan fingerprint density at radius 2 is 1.93 bits per heavy atom. The molecule has 0 radical (unpaired) electrons. The van der Waals surface area contributed by atoms with Gasteiger partial charge in [-0.25, -0.2) is 0 Å². The summed E-state index contributed by atoms with van der Waals surface area (Å²) in [6.45, 7) is 4.46. The van der Waals surface area contributed by atoms with E-state index in [-0.39, 0.29) is 5.54 Å². The summed E-state index contributed by atoms with van der Waals surface area (Å²) in [7, 11) is 0.889. The van der Waals surface area contributed by atoms with Gasteiger partial charge in [0, 0.05) is 16.1 Å². The first-order valence-electron chi connectivity index (χ1n) is 4.85. The van der Waals surface area contributed by atoms with Gasteiger partial charge in [0.15, 0.2) is 7.05 Å². The van der Waals surface area contributed by atoms with Crippen molar-refractivity contribution in [2.75, 3.05) is 12.4 Å². The zero-order valence-electron chi connectivity index (χ0n) is 9.28. The summed E-state index contributed by atoms with van der Waals surface area (Å²) >= 11 is 0. The molecule has 4 nitrogen and oxygen atoms in total. The average molecular weight is 208 g/mol. The molecule has 15 heavy (non-hydrogen) atoms. The lowest BCUT2D eigenvalue weighted by Crippen LogP contribution is -2.26. The van der Waals surface area contributed by atoms with Crippen LogP contribution in [-0.2, 0) is 6.42 Å². The summed E-state index contributed by atoms with van der Waals surface area (Å²) in [5.41, 5.74) is 3.00. The fraction of sp³-hybridized carbons (Fsp3) is 0.455. The average Bonchev–Trinajstić information content (AvgIpc) is 2.36. The maximum Gasteiger partial charge on any atom is 0.194 e. The highest BCUT2D eigenvalue weighted by Gasteiger charge is 2.26. The van der Waals surface area contributed by atoms with Crippen molar-refractivity contribution in [3.8, 4) is 0 Å². The summed E-state index contributed by atoms with van der Waals surface area (Å²) in [6, 6.07) is 8.51. The Hall–Kier alpha value is -1.58. The van der Waals surface area contributed by atoms with Gasteiger partial charge in [0.05, 0.1) is 0 Å². The van der Waals surface area contributed by atoms with Crippen molar-refractivity contribution < 1.29 is 4.92 Å². The third kappa shape index (κ3) is 3.58. The number of para-hydroxylation sites is 1. The van der Waals surface area contributed by atoms with Gasteiger partial charge in [-0.05, 0) is 31.9 Å². The SMILES string of the molecule is CC1(C)Cc2ccccc2N1.C[N+](=O)[O-]. The first kappa shape index (κ1) is 11.5. The highest BCUT2D eigenvalue weighted by Crippen LogP contribution is 2.31. The monoisotopic (exact) mass is 208 g/mol. The largest absolute Gasteiger partial charge is 0.380 e. The van der Waals surface area contributed by atoms with Gasteiger partial charge in [0.25, 0.3) is 0 Å². The molecule has 1 heterocycles. The normalized spacial score (nSPS) is 15.7. The van der Waals surface area contributed by atoms with Crippen molar-refractivity contribution in [2.45, 2.75) is 25.8 Å². The Balaban J connectivity index is 0.000000245. The molecule has 0 bridgehead atoms. The van der Waals surface area contributed by atoms with E-state index in [1.165, 1.54) is 11.3 Å². The minimum absolute atomic E-state index is 0.254. The van der Waals surface area contributed by atoms with Crippen LogP contribution in [0.15, 0.2) is 24.3 Å². The highest BCUT2D eigenvalue weighted by molar-refractivity contribution is 5.58. The van der Waals surface area contributed by atoms with Gasteiger partial charge in [-0.2, -0.15) is 0 Å². The van der Waals surface area contributed by atoms with Crippen molar-refractivity contribution >= 4 is 5.69 Å². The minimum Gasteiger partial charge on any atom is -0.380 e. The molecule has 1 N–H and O–H groups in total. The lowest BCUT2D eigenvalue weighted by atomic mass is 10.0. The molecule has 0 atom stereocenters. The van der Waals surface area contributed by atoms with Crippen molar-refractivity contribution in [3.63, 3.8) is 0 Å². The minimum atomic E-state index is -0.500. The van der Waals surface area contributed by atoms with E-state index in [0.717, 1.165) is 13.5 Å². The van der Waals surface area contributed by atoms with Gasteiger partial charge >= 0.3 is 0 Å². The van der Waals surface area contributed by atoms with Crippen LogP contribution in [0.25, 0.3) is 0 Å². The predicted molar refractivity (Wildman–Crippen MR) is 60.8 cm³/mol. The Morgan fingerprint density at radius 3 is 2.47 bits per heavy atom. The fourth-order valence-corrected chi connectivity index (χ4v) is 1.68. The molecule has 0 unspecified atom stereocenters. The van der Waals surface area contributed by atoms with E-state index in [1.807, 2.05) is 0 Å². The first-order chi connectivity index (χ1) is 6.91. The van der Waals surface area contributed by atoms with Crippen molar-refractivity contribution in [2.24, 2.45) is 0 Å². The summed E-state index contributed by atoms with van der Waals surface area (Å²) in [6.07, 6.45) is 1.14. The lowest BCUT2D eigenvalue weighted by molar-refractivity contribution is -0.445. The van der Waals surface area contributed by atoms with Crippen LogP contribution >= 0.6 is 0 Å². The summed E-state index contributed by atoms with van der Waals surface area (Å²) < 4.78 is 0. The van der Waals surface area contributed by atoms with Gasteiger partial charge in [-0.15, -0.1) is 0 Å². The molecule has 0 aromatic heterocycles. The molecule has 4 heteroatoms. The molecule has 0 saturated carbocycles. The molecule has 0 aliphatic carbocycles. The topological polar surface area (TPSA) is 55.2 Å². The predicted octanol–water partition coefficient (Wildman–Crippen LogP) is 2.33. The van der Waals surface area contributed by atoms with E-state index in [9.17, 15) is 0 Å². The molecule has 0 saturated heterocycles. The van der Waals surface area contributed by atoms with Crippen LogP contribution < -0.4 is 5.32 Å². The molecule has 0 amide bonds. The van der Waals surface area contributed by atoms with Crippen molar-refractivity contribution in [3.05, 3.63) is 39.9 Å². The van der Waals surface area contributed by atoms with Crippen LogP contribution in [-0.4, -0.2) is 17.5 Å². The van der Waals surface area contributed by atoms with Gasteiger partial charge in [0.2, 0.25) is 0 Å². The lowest BCUT2D eigenvalue weighted by Gasteiger charge is -2.17. The molecule has 82 valence electrons. The Morgan fingerprint density at radius 1 is 1.40 bits per heavy atom. The quantitative estimate of drug-likeness (QED) is 0.526. The zero-order valence-corrected chi connectivity index (χ0v) is 9.28. The van der Waals surface area contributed by atoms with E-state index < -0.39 is 4.92 Å². The molecule has 1 aliphatic rings. The summed E-state index contributed by atoms with van der Waals surface area (Å²) in [4.78, 5) is 8.31. The number of hydrogen-bond acceptors (Lipinski definition) is 3. The smallest absolute Gasteiger partial charge is 0.194 e. The standard InChI is InChI=1S/C10H13N.CH3NO2/c1-10(2)7-8-5-3-4-6-9(8)11-10;1-2(3)4/h3-6,11H,7H2,1-2H3;1H3. The molecular formula is C11H16N2O2. The molecular weight excluding hydrogens is 192 g/mol. The number of nitrogens with zero attached hydrogens (tertiary/aromatic N) is 1. The number of fused-ring (bicyclic) bond motifs is 1. The third-order valence-corrected chi connectivity index (χ3v) is 2.12. The molecule has 2 rings (SSSR count). The highest BCUT2D eigenvalue weighted by atomic mass is 16.6. The van der Waals surface area contributed by atoms with E-state index >= 15 is 0 Å². The zero-order chi connectivity index (χ0) is 11.5. The summed E-state index contributed by atoms with van der Waals surface area (Å²) in [5, 5.41) is 12.3. The number of nitrogens with one attached hydrogen (secondary N) is 1. The van der Waals surface area contributed by atoms with Gasteiger partial charge in [-0.1, -0.05) is 18.2 Å². The van der Waals surface area contributed by atoms with E-state index in [2.05, 4.69) is 43.4 Å². The molecule has 0 fully saturated rings. The Kier molecular flexibility index (Phi) is 3.29. The van der Waals surface area contributed by atoms with E-state index in [0.29, 0.717) is 0 Å². The number of benzene rings is 1. The maximum absolute atomic E-state index is 8.81. The van der Waals surface area contributed by atoms with Gasteiger partial charge < -0.3 is 5.32 Å². The number of hydrogen-bond donors (Lipinski definition) is 1. The molecule has 1 aromatic carbocycles. The fourth-order valence-electron chi connectivity index (χ4n) is 1.68. The van der Waals surface area contributed by atoms with Crippen LogP contribution in [0.1, 0.15) is 19.4 Å². The second-order valence-corrected chi connectivity index (χ2v) is 4.28. The van der Waals surface area contributed by atoms with Crippen molar-refractivity contribution in [1.82, 2.24) is 0 Å². The van der Waals surface area contributed by atoms with Crippen LogP contribution in [0.4, 0.5) is 5.69 Å². The second-order valence-electron chi connectivity index (χ2n) is 4.28. The van der Waals surface area contributed by atoms with Crippen LogP contribution in [0, 0.1) is 10.1 Å². The van der Waals surface area contributed by atoms with Crippen LogP contribution in [0.2, 0.25) is 0 Å². The van der Waals surface area contributed by atoms with Crippen LogP contribution in [0.3, 0.4) is 0 Å². The first-order valence-corrected chi connectivity index (χ1v) is 4.85. The Bertz CT molecular complexity index is 330. The van der Waals surface area contributed by atoms with Crippen molar-refractivity contribution in [1.29, 1.82) is 0 Å². The van der Waals surface area contributed by atoms with Gasteiger partial charge in [0.1, 0.15) is 0 Å². The van der Waals surface area contributed by atoms with Crippen LogP contribution in [0.5, 0.6) is 0 Å². The van der Waals surface area contributed by atoms with Gasteiger partial charge in [-0.3, -0.25) is 10.1 Å². The molecule has 0 spiro atoms. The van der Waals surface area contributed by atoms with E-state index in [4.69, 9.17) is 10.1 Å².